The van der Waals surface area contributed by atoms with Crippen LogP contribution in [-0.2, 0) is 4.79 Å². The van der Waals surface area contributed by atoms with Gasteiger partial charge in [-0.2, -0.15) is 0 Å². The van der Waals surface area contributed by atoms with Crippen LogP contribution in [0, 0.1) is 0 Å². The van der Waals surface area contributed by atoms with Gasteiger partial charge < -0.3 is 15.5 Å². The third-order valence-corrected chi connectivity index (χ3v) is 2.65. The van der Waals surface area contributed by atoms with Crippen molar-refractivity contribution >= 4 is 6.41 Å². The number of likely N-dealkylation sites (tertiary alicyclic amines) is 1. The molecule has 0 bridgehead atoms. The van der Waals surface area contributed by atoms with Gasteiger partial charge in [0.05, 0.1) is 6.04 Å². The third kappa shape index (κ3) is 1.81. The van der Waals surface area contributed by atoms with Crippen LogP contribution in [0.4, 0.5) is 4.39 Å². The van der Waals surface area contributed by atoms with E-state index in [9.17, 15) is 9.18 Å². The molecule has 0 radical (unpaired) electrons. The van der Waals surface area contributed by atoms with Crippen LogP contribution in [0.15, 0.2) is 0 Å². The molecule has 0 spiro atoms. The number of nitrogens with zero attached hydrogens (tertiary/aromatic N) is 1. The summed E-state index contributed by atoms with van der Waals surface area (Å²) in [5, 5.41) is 6.17. The SMILES string of the molecule is O=CN1CC(NC2CNCC2F)C1. The van der Waals surface area contributed by atoms with Crippen molar-refractivity contribution in [2.75, 3.05) is 26.2 Å². The number of nitrogens with one attached hydrogen (secondary N) is 2. The Labute approximate surface area is 76.5 Å². The number of carbonyl (C=O) groups excluding carboxylic acids is 1. The van der Waals surface area contributed by atoms with Gasteiger partial charge >= 0.3 is 0 Å². The lowest BCUT2D eigenvalue weighted by Gasteiger charge is -2.38. The first kappa shape index (κ1) is 8.90. The molecule has 0 aliphatic carbocycles. The van der Waals surface area contributed by atoms with Crippen LogP contribution in [0.3, 0.4) is 0 Å². The Hall–Kier alpha value is -0.680. The Morgan fingerprint density at radius 3 is 2.77 bits per heavy atom. The minimum absolute atomic E-state index is 0.0706. The lowest BCUT2D eigenvalue weighted by atomic mass is 10.1. The summed E-state index contributed by atoms with van der Waals surface area (Å²) in [6.07, 6.45) is 0.0446. The van der Waals surface area contributed by atoms with E-state index in [0.717, 1.165) is 6.41 Å². The zero-order chi connectivity index (χ0) is 9.26. The quantitative estimate of drug-likeness (QED) is 0.541. The van der Waals surface area contributed by atoms with E-state index in [0.29, 0.717) is 26.2 Å². The summed E-state index contributed by atoms with van der Waals surface area (Å²) >= 11 is 0. The molecule has 2 saturated heterocycles. The second-order valence-electron chi connectivity index (χ2n) is 3.70. The first-order valence-corrected chi connectivity index (χ1v) is 4.60. The molecule has 2 heterocycles. The van der Waals surface area contributed by atoms with E-state index in [4.69, 9.17) is 0 Å². The molecule has 0 saturated carbocycles. The van der Waals surface area contributed by atoms with Crippen LogP contribution in [0.1, 0.15) is 0 Å². The second-order valence-corrected chi connectivity index (χ2v) is 3.70. The molecular formula is C8H14FN3O. The van der Waals surface area contributed by atoms with Crippen LogP contribution >= 0.6 is 0 Å². The molecule has 4 nitrogen and oxygen atoms in total. The van der Waals surface area contributed by atoms with Crippen molar-refractivity contribution in [2.45, 2.75) is 18.3 Å². The van der Waals surface area contributed by atoms with E-state index >= 15 is 0 Å². The highest BCUT2D eigenvalue weighted by Gasteiger charge is 2.32. The maximum atomic E-state index is 13.1. The fraction of sp³-hybridized carbons (Fsp3) is 0.875. The average molecular weight is 187 g/mol. The smallest absolute Gasteiger partial charge is 0.209 e. The Balaban J connectivity index is 1.71. The monoisotopic (exact) mass is 187 g/mol. The predicted octanol–water partition coefficient (Wildman–Crippen LogP) is -1.27. The number of carbonyl (C=O) groups is 1. The summed E-state index contributed by atoms with van der Waals surface area (Å²) in [6, 6.07) is 0.215. The molecule has 0 aromatic rings. The molecule has 2 rings (SSSR count). The van der Waals surface area contributed by atoms with Gasteiger partial charge in [-0.15, -0.1) is 0 Å². The van der Waals surface area contributed by atoms with Gasteiger partial charge in [0.25, 0.3) is 0 Å². The van der Waals surface area contributed by atoms with E-state index in [2.05, 4.69) is 10.6 Å². The molecule has 2 atom stereocenters. The standard InChI is InChI=1S/C8H14FN3O/c9-7-1-10-2-8(7)11-6-3-12(4-6)5-13/h5-8,10-11H,1-4H2. The van der Waals surface area contributed by atoms with Crippen molar-refractivity contribution in [2.24, 2.45) is 0 Å². The first-order valence-electron chi connectivity index (χ1n) is 4.60. The molecule has 2 aliphatic rings. The van der Waals surface area contributed by atoms with Gasteiger partial charge in [-0.1, -0.05) is 0 Å². The number of halogens is 1. The average Bonchev–Trinajstić information content (AvgIpc) is 2.43. The molecule has 1 amide bonds. The van der Waals surface area contributed by atoms with E-state index in [1.165, 1.54) is 0 Å². The minimum Gasteiger partial charge on any atom is -0.342 e. The lowest BCUT2D eigenvalue weighted by Crippen LogP contribution is -2.60. The van der Waals surface area contributed by atoms with E-state index in [-0.39, 0.29) is 12.1 Å². The summed E-state index contributed by atoms with van der Waals surface area (Å²) in [5.41, 5.74) is 0. The highest BCUT2D eigenvalue weighted by molar-refractivity contribution is 5.49. The van der Waals surface area contributed by atoms with Gasteiger partial charge in [0, 0.05) is 32.2 Å². The third-order valence-electron chi connectivity index (χ3n) is 2.65. The van der Waals surface area contributed by atoms with Crippen molar-refractivity contribution in [3.8, 4) is 0 Å². The van der Waals surface area contributed by atoms with Crippen LogP contribution < -0.4 is 10.6 Å². The van der Waals surface area contributed by atoms with Gasteiger partial charge in [-0.25, -0.2) is 4.39 Å². The zero-order valence-corrected chi connectivity index (χ0v) is 7.37. The zero-order valence-electron chi connectivity index (χ0n) is 7.37. The maximum absolute atomic E-state index is 13.1. The Morgan fingerprint density at radius 1 is 1.46 bits per heavy atom. The summed E-state index contributed by atoms with van der Waals surface area (Å²) < 4.78 is 13.1. The molecule has 0 aromatic heterocycles. The largest absolute Gasteiger partial charge is 0.342 e. The summed E-state index contributed by atoms with van der Waals surface area (Å²) in [6.45, 7) is 2.57. The number of rotatable bonds is 3. The number of hydrogen-bond acceptors (Lipinski definition) is 3. The molecule has 2 fully saturated rings. The normalized spacial score (nSPS) is 34.7. The van der Waals surface area contributed by atoms with Gasteiger partial charge in [-0.3, -0.25) is 4.79 Å². The summed E-state index contributed by atoms with van der Waals surface area (Å²) in [4.78, 5) is 11.9. The van der Waals surface area contributed by atoms with Crippen molar-refractivity contribution in [3.63, 3.8) is 0 Å². The van der Waals surface area contributed by atoms with Gasteiger partial charge in [-0.05, 0) is 0 Å². The Bertz CT molecular complexity index is 196. The predicted molar refractivity (Wildman–Crippen MR) is 46.1 cm³/mol. The number of alkyl halides is 1. The highest BCUT2D eigenvalue weighted by atomic mass is 19.1. The van der Waals surface area contributed by atoms with Gasteiger partial charge in [0.1, 0.15) is 6.17 Å². The van der Waals surface area contributed by atoms with Crippen molar-refractivity contribution in [1.82, 2.24) is 15.5 Å². The fourth-order valence-corrected chi connectivity index (χ4v) is 1.82. The molecular weight excluding hydrogens is 173 g/mol. The van der Waals surface area contributed by atoms with Crippen LogP contribution in [0.2, 0.25) is 0 Å². The maximum Gasteiger partial charge on any atom is 0.209 e. The van der Waals surface area contributed by atoms with Gasteiger partial charge in [0.15, 0.2) is 0 Å². The van der Waals surface area contributed by atoms with E-state index in [1.807, 2.05) is 0 Å². The molecule has 2 unspecified atom stereocenters. The first-order chi connectivity index (χ1) is 6.29. The van der Waals surface area contributed by atoms with Crippen LogP contribution in [0.25, 0.3) is 0 Å². The molecule has 2 N–H and O–H groups in total. The number of hydrogen-bond donors (Lipinski definition) is 2. The molecule has 2 aliphatic heterocycles. The van der Waals surface area contributed by atoms with Crippen molar-refractivity contribution < 1.29 is 9.18 Å². The number of amides is 1. The van der Waals surface area contributed by atoms with Crippen molar-refractivity contribution in [3.05, 3.63) is 0 Å². The van der Waals surface area contributed by atoms with Gasteiger partial charge in [0.2, 0.25) is 6.41 Å². The molecule has 0 aromatic carbocycles. The Kier molecular flexibility index (Phi) is 2.46. The topological polar surface area (TPSA) is 44.4 Å². The molecule has 5 heteroatoms. The fourth-order valence-electron chi connectivity index (χ4n) is 1.82. The van der Waals surface area contributed by atoms with Crippen LogP contribution in [-0.4, -0.2) is 55.7 Å². The highest BCUT2D eigenvalue weighted by Crippen LogP contribution is 2.10. The van der Waals surface area contributed by atoms with E-state index in [1.54, 1.807) is 4.90 Å². The molecule has 13 heavy (non-hydrogen) atoms. The summed E-state index contributed by atoms with van der Waals surface area (Å²) in [5.74, 6) is 0. The van der Waals surface area contributed by atoms with E-state index < -0.39 is 6.17 Å². The lowest BCUT2D eigenvalue weighted by molar-refractivity contribution is -0.122. The minimum atomic E-state index is -0.787. The summed E-state index contributed by atoms with van der Waals surface area (Å²) in [7, 11) is 0. The Morgan fingerprint density at radius 2 is 2.23 bits per heavy atom. The second kappa shape index (κ2) is 3.59. The van der Waals surface area contributed by atoms with Crippen molar-refractivity contribution in [1.29, 1.82) is 0 Å². The molecule has 74 valence electrons. The van der Waals surface area contributed by atoms with Crippen LogP contribution in [0.5, 0.6) is 0 Å².